The summed E-state index contributed by atoms with van der Waals surface area (Å²) < 4.78 is 0. The third kappa shape index (κ3) is 4.24. The van der Waals surface area contributed by atoms with Crippen LogP contribution in [0.3, 0.4) is 0 Å². The predicted octanol–water partition coefficient (Wildman–Crippen LogP) is 0.834. The quantitative estimate of drug-likeness (QED) is 0.505. The van der Waals surface area contributed by atoms with Crippen molar-refractivity contribution in [2.24, 2.45) is 0 Å². The first-order chi connectivity index (χ1) is 4.04. The van der Waals surface area contributed by atoms with Crippen molar-refractivity contribution in [3.8, 4) is 0 Å². The molecule has 5 heteroatoms. The molecule has 0 aromatic rings. The summed E-state index contributed by atoms with van der Waals surface area (Å²) in [7, 11) is 0. The van der Waals surface area contributed by atoms with E-state index in [9.17, 15) is 9.59 Å². The van der Waals surface area contributed by atoms with Crippen molar-refractivity contribution in [1.82, 2.24) is 0 Å². The molecule has 1 N–H and O–H groups in total. The lowest BCUT2D eigenvalue weighted by atomic mass is 10.3. The van der Waals surface area contributed by atoms with Gasteiger partial charge in [0.1, 0.15) is 5.38 Å². The van der Waals surface area contributed by atoms with Crippen LogP contribution >= 0.6 is 23.2 Å². The largest absolute Gasteiger partial charge is 0.481 e. The minimum Gasteiger partial charge on any atom is -0.481 e. The van der Waals surface area contributed by atoms with E-state index in [1.165, 1.54) is 0 Å². The maximum atomic E-state index is 10.0. The van der Waals surface area contributed by atoms with Gasteiger partial charge in [-0.05, 0) is 11.6 Å². The second kappa shape index (κ2) is 3.69. The fourth-order valence-electron chi connectivity index (χ4n) is 0.234. The number of hydrogen-bond acceptors (Lipinski definition) is 2. The summed E-state index contributed by atoms with van der Waals surface area (Å²) in [6.45, 7) is 0. The maximum absolute atomic E-state index is 10.0. The molecule has 52 valence electrons. The molecule has 0 fully saturated rings. The van der Waals surface area contributed by atoms with E-state index < -0.39 is 23.0 Å². The number of carboxylic acid groups (broad SMARTS) is 1. The van der Waals surface area contributed by atoms with Crippen LogP contribution in [0.15, 0.2) is 0 Å². The van der Waals surface area contributed by atoms with E-state index in [-0.39, 0.29) is 0 Å². The Morgan fingerprint density at radius 3 is 2.11 bits per heavy atom. The average Bonchev–Trinajstić information content (AvgIpc) is 1.63. The first-order valence-corrected chi connectivity index (χ1v) is 2.90. The summed E-state index contributed by atoms with van der Waals surface area (Å²) in [6.07, 6.45) is -0.427. The highest BCUT2D eigenvalue weighted by atomic mass is 35.5. The highest BCUT2D eigenvalue weighted by Crippen LogP contribution is 2.05. The van der Waals surface area contributed by atoms with Gasteiger partial charge in [-0.1, -0.05) is 0 Å². The van der Waals surface area contributed by atoms with Crippen LogP contribution < -0.4 is 0 Å². The standard InChI is InChI=1S/C4H4Cl2O3/c5-2(4(6)9)1-3(7)8/h2H,1H2,(H,7,8). The van der Waals surface area contributed by atoms with Crippen molar-refractivity contribution < 1.29 is 14.7 Å². The molecular formula is C4H4Cl2O3. The van der Waals surface area contributed by atoms with Gasteiger partial charge in [-0.25, -0.2) is 0 Å². The lowest BCUT2D eigenvalue weighted by Crippen LogP contribution is -2.12. The Hall–Kier alpha value is -0.280. The molecular weight excluding hydrogens is 167 g/mol. The average molecular weight is 171 g/mol. The Morgan fingerprint density at radius 1 is 1.56 bits per heavy atom. The van der Waals surface area contributed by atoms with Gasteiger partial charge in [-0.3, -0.25) is 9.59 Å². The van der Waals surface area contributed by atoms with E-state index in [1.807, 2.05) is 0 Å². The monoisotopic (exact) mass is 170 g/mol. The van der Waals surface area contributed by atoms with E-state index in [1.54, 1.807) is 0 Å². The lowest BCUT2D eigenvalue weighted by Gasteiger charge is -1.95. The molecule has 0 heterocycles. The Bertz CT molecular complexity index is 134. The fraction of sp³-hybridized carbons (Fsp3) is 0.500. The summed E-state index contributed by atoms with van der Waals surface area (Å²) in [5.74, 6) is -1.14. The normalized spacial score (nSPS) is 12.7. The molecule has 9 heavy (non-hydrogen) atoms. The Labute approximate surface area is 61.6 Å². The van der Waals surface area contributed by atoms with Crippen LogP contribution in [-0.2, 0) is 9.59 Å². The molecule has 3 nitrogen and oxygen atoms in total. The van der Waals surface area contributed by atoms with Crippen LogP contribution in [0.4, 0.5) is 0 Å². The first kappa shape index (κ1) is 8.72. The molecule has 0 aromatic heterocycles. The minimum atomic E-state index is -1.14. The second-order valence-electron chi connectivity index (χ2n) is 1.37. The smallest absolute Gasteiger partial charge is 0.305 e. The van der Waals surface area contributed by atoms with Crippen molar-refractivity contribution in [2.45, 2.75) is 11.8 Å². The van der Waals surface area contributed by atoms with Gasteiger partial charge in [0, 0.05) is 0 Å². The van der Waals surface area contributed by atoms with Gasteiger partial charge in [-0.15, -0.1) is 11.6 Å². The molecule has 0 aliphatic heterocycles. The van der Waals surface area contributed by atoms with E-state index >= 15 is 0 Å². The van der Waals surface area contributed by atoms with Crippen molar-refractivity contribution in [2.75, 3.05) is 0 Å². The zero-order valence-electron chi connectivity index (χ0n) is 4.30. The zero-order chi connectivity index (χ0) is 7.44. The molecule has 0 spiro atoms. The molecule has 0 rings (SSSR count). The highest BCUT2D eigenvalue weighted by molar-refractivity contribution is 6.69. The number of rotatable bonds is 3. The van der Waals surface area contributed by atoms with Crippen molar-refractivity contribution in [1.29, 1.82) is 0 Å². The maximum Gasteiger partial charge on any atom is 0.305 e. The summed E-state index contributed by atoms with van der Waals surface area (Å²) >= 11 is 9.99. The number of carbonyl (C=O) groups is 2. The molecule has 1 unspecified atom stereocenters. The third-order valence-electron chi connectivity index (χ3n) is 0.600. The topological polar surface area (TPSA) is 54.4 Å². The van der Waals surface area contributed by atoms with Crippen LogP contribution in [0.2, 0.25) is 0 Å². The molecule has 0 saturated carbocycles. The molecule has 0 amide bonds. The second-order valence-corrected chi connectivity index (χ2v) is 2.27. The number of aliphatic carboxylic acids is 1. The summed E-state index contributed by atoms with van der Waals surface area (Å²) in [5, 5.41) is 6.10. The number of hydrogen-bond donors (Lipinski definition) is 1. The third-order valence-corrected chi connectivity index (χ3v) is 1.33. The predicted molar refractivity (Wildman–Crippen MR) is 32.8 cm³/mol. The molecule has 0 saturated heterocycles. The molecule has 0 aliphatic rings. The molecule has 0 aliphatic carbocycles. The van der Waals surface area contributed by atoms with Crippen LogP contribution in [-0.4, -0.2) is 21.7 Å². The SMILES string of the molecule is O=C(O)CC(Cl)C(=O)Cl. The molecule has 0 aromatic carbocycles. The summed E-state index contributed by atoms with van der Waals surface area (Å²) in [5.41, 5.74) is 0. The van der Waals surface area contributed by atoms with Gasteiger partial charge in [0.2, 0.25) is 5.24 Å². The van der Waals surface area contributed by atoms with E-state index in [4.69, 9.17) is 28.3 Å². The van der Waals surface area contributed by atoms with Crippen LogP contribution in [0, 0.1) is 0 Å². The van der Waals surface area contributed by atoms with E-state index in [0.717, 1.165) is 0 Å². The Balaban J connectivity index is 3.63. The molecule has 1 atom stereocenters. The van der Waals surface area contributed by atoms with Gasteiger partial charge in [-0.2, -0.15) is 0 Å². The van der Waals surface area contributed by atoms with E-state index in [2.05, 4.69) is 0 Å². The fourth-order valence-corrected chi connectivity index (χ4v) is 0.443. The zero-order valence-corrected chi connectivity index (χ0v) is 5.82. The molecule has 0 bridgehead atoms. The Kier molecular flexibility index (Phi) is 3.58. The van der Waals surface area contributed by atoms with Gasteiger partial charge in [0.05, 0.1) is 6.42 Å². The van der Waals surface area contributed by atoms with Crippen molar-refractivity contribution >= 4 is 34.4 Å². The van der Waals surface area contributed by atoms with Crippen molar-refractivity contribution in [3.63, 3.8) is 0 Å². The van der Waals surface area contributed by atoms with Crippen LogP contribution in [0.5, 0.6) is 0 Å². The summed E-state index contributed by atoms with van der Waals surface area (Å²) in [6, 6.07) is 0. The van der Waals surface area contributed by atoms with Gasteiger partial charge in [0.25, 0.3) is 0 Å². The number of halogens is 2. The lowest BCUT2D eigenvalue weighted by molar-refractivity contribution is -0.137. The molecule has 0 radical (unpaired) electrons. The number of carboxylic acids is 1. The Morgan fingerprint density at radius 2 is 2.00 bits per heavy atom. The number of alkyl halides is 1. The highest BCUT2D eigenvalue weighted by Gasteiger charge is 2.15. The first-order valence-electron chi connectivity index (χ1n) is 2.09. The van der Waals surface area contributed by atoms with Crippen LogP contribution in [0.1, 0.15) is 6.42 Å². The van der Waals surface area contributed by atoms with Gasteiger partial charge >= 0.3 is 5.97 Å². The minimum absolute atomic E-state index is 0.427. The van der Waals surface area contributed by atoms with Crippen LogP contribution in [0.25, 0.3) is 0 Å². The summed E-state index contributed by atoms with van der Waals surface area (Å²) in [4.78, 5) is 19.9. The van der Waals surface area contributed by atoms with Crippen molar-refractivity contribution in [3.05, 3.63) is 0 Å². The van der Waals surface area contributed by atoms with Gasteiger partial charge in [0.15, 0.2) is 0 Å². The van der Waals surface area contributed by atoms with Gasteiger partial charge < -0.3 is 5.11 Å². The van der Waals surface area contributed by atoms with E-state index in [0.29, 0.717) is 0 Å². The number of carbonyl (C=O) groups excluding carboxylic acids is 1.